The van der Waals surface area contributed by atoms with E-state index in [1.807, 2.05) is 0 Å². The summed E-state index contributed by atoms with van der Waals surface area (Å²) in [6.45, 7) is 9.05. The van der Waals surface area contributed by atoms with Gasteiger partial charge in [-0.1, -0.05) is 13.2 Å². The van der Waals surface area contributed by atoms with Gasteiger partial charge in [0.1, 0.15) is 24.4 Å². The fourth-order valence-corrected chi connectivity index (χ4v) is 1.56. The van der Waals surface area contributed by atoms with Crippen LogP contribution in [0, 0.1) is 0 Å². The minimum atomic E-state index is -1.60. The first kappa shape index (κ1) is 22.6. The number of rotatable bonds is 13. The van der Waals surface area contributed by atoms with E-state index < -0.39 is 36.0 Å². The molecule has 0 fully saturated rings. The van der Waals surface area contributed by atoms with E-state index >= 15 is 0 Å². The van der Waals surface area contributed by atoms with Gasteiger partial charge in [-0.15, -0.1) is 0 Å². The standard InChI is InChI=1S/C16H26O8/c1-9(2)13(19)15(21)11(17)7-23-5-6-24-8-12(18)16(22)14(20)10(3)4/h11-12,15-18,21-22H,1,3,5-8H2,2,4H3. The van der Waals surface area contributed by atoms with Gasteiger partial charge in [-0.25, -0.2) is 0 Å². The Labute approximate surface area is 141 Å². The van der Waals surface area contributed by atoms with Gasteiger partial charge in [-0.2, -0.15) is 0 Å². The summed E-state index contributed by atoms with van der Waals surface area (Å²) in [5.74, 6) is -1.33. The monoisotopic (exact) mass is 346 g/mol. The van der Waals surface area contributed by atoms with Crippen molar-refractivity contribution in [1.82, 2.24) is 0 Å². The quantitative estimate of drug-likeness (QED) is 0.240. The van der Waals surface area contributed by atoms with Crippen molar-refractivity contribution < 1.29 is 39.5 Å². The van der Waals surface area contributed by atoms with Crippen molar-refractivity contribution >= 4 is 11.6 Å². The number of aliphatic hydroxyl groups is 4. The maximum absolute atomic E-state index is 11.4. The first-order valence-corrected chi connectivity index (χ1v) is 7.36. The van der Waals surface area contributed by atoms with Crippen molar-refractivity contribution in [3.8, 4) is 0 Å². The van der Waals surface area contributed by atoms with Crippen LogP contribution in [0.25, 0.3) is 0 Å². The average molecular weight is 346 g/mol. The zero-order valence-electron chi connectivity index (χ0n) is 14.0. The first-order chi connectivity index (χ1) is 11.1. The van der Waals surface area contributed by atoms with Gasteiger partial charge in [-0.05, 0) is 25.0 Å². The van der Waals surface area contributed by atoms with Crippen LogP contribution in [0.5, 0.6) is 0 Å². The third kappa shape index (κ3) is 7.91. The third-order valence-corrected chi connectivity index (χ3v) is 3.06. The fourth-order valence-electron chi connectivity index (χ4n) is 1.56. The van der Waals surface area contributed by atoms with Crippen molar-refractivity contribution in [3.63, 3.8) is 0 Å². The minimum absolute atomic E-state index is 0.0162. The lowest BCUT2D eigenvalue weighted by atomic mass is 10.1. The summed E-state index contributed by atoms with van der Waals surface area (Å²) in [5.41, 5.74) is 0.253. The van der Waals surface area contributed by atoms with Crippen LogP contribution in [0.4, 0.5) is 0 Å². The molecule has 0 aliphatic rings. The molecular weight excluding hydrogens is 320 g/mol. The highest BCUT2D eigenvalue weighted by Gasteiger charge is 2.25. The molecule has 4 atom stereocenters. The first-order valence-electron chi connectivity index (χ1n) is 7.36. The molecule has 4 unspecified atom stereocenters. The number of hydrogen-bond acceptors (Lipinski definition) is 8. The maximum Gasteiger partial charge on any atom is 0.189 e. The topological polar surface area (TPSA) is 134 Å². The molecule has 0 radical (unpaired) electrons. The molecule has 0 saturated carbocycles. The number of carbonyl (C=O) groups is 2. The number of ether oxygens (including phenoxy) is 2. The average Bonchev–Trinajstić information content (AvgIpc) is 2.54. The molecule has 8 heteroatoms. The Morgan fingerprint density at radius 3 is 1.33 bits per heavy atom. The van der Waals surface area contributed by atoms with Gasteiger partial charge in [0.25, 0.3) is 0 Å². The fraction of sp³-hybridized carbons (Fsp3) is 0.625. The number of aliphatic hydroxyl groups excluding tert-OH is 4. The van der Waals surface area contributed by atoms with E-state index in [-0.39, 0.29) is 37.6 Å². The predicted octanol–water partition coefficient (Wildman–Crippen LogP) is -1.25. The molecule has 0 heterocycles. The van der Waals surface area contributed by atoms with Crippen LogP contribution in [0.2, 0.25) is 0 Å². The van der Waals surface area contributed by atoms with E-state index in [4.69, 9.17) is 9.47 Å². The summed E-state index contributed by atoms with van der Waals surface area (Å²) in [7, 11) is 0. The molecule has 0 rings (SSSR count). The van der Waals surface area contributed by atoms with Crippen molar-refractivity contribution in [1.29, 1.82) is 0 Å². The van der Waals surface area contributed by atoms with E-state index in [0.29, 0.717) is 0 Å². The summed E-state index contributed by atoms with van der Waals surface area (Å²) in [4.78, 5) is 22.8. The molecule has 4 N–H and O–H groups in total. The molecular formula is C16H26O8. The van der Waals surface area contributed by atoms with Crippen LogP contribution in [-0.2, 0) is 19.1 Å². The molecule has 138 valence electrons. The normalized spacial score (nSPS) is 16.1. The van der Waals surface area contributed by atoms with E-state index in [1.165, 1.54) is 13.8 Å². The second kappa shape index (κ2) is 11.2. The molecule has 0 saturated heterocycles. The van der Waals surface area contributed by atoms with E-state index in [1.54, 1.807) is 0 Å². The van der Waals surface area contributed by atoms with Crippen molar-refractivity contribution in [2.24, 2.45) is 0 Å². The van der Waals surface area contributed by atoms with Crippen molar-refractivity contribution in [3.05, 3.63) is 24.3 Å². The summed E-state index contributed by atoms with van der Waals surface area (Å²) < 4.78 is 10.1. The predicted molar refractivity (Wildman–Crippen MR) is 85.3 cm³/mol. The summed E-state index contributed by atoms with van der Waals surface area (Å²) >= 11 is 0. The molecule has 0 aromatic heterocycles. The number of ketones is 2. The van der Waals surface area contributed by atoms with Crippen LogP contribution in [0.3, 0.4) is 0 Å². The van der Waals surface area contributed by atoms with Crippen LogP contribution in [0.15, 0.2) is 24.3 Å². The lowest BCUT2D eigenvalue weighted by Gasteiger charge is -2.18. The van der Waals surface area contributed by atoms with Gasteiger partial charge in [-0.3, -0.25) is 9.59 Å². The molecule has 0 aliphatic heterocycles. The molecule has 8 nitrogen and oxygen atoms in total. The highest BCUT2D eigenvalue weighted by Crippen LogP contribution is 2.04. The van der Waals surface area contributed by atoms with Crippen molar-refractivity contribution in [2.45, 2.75) is 38.3 Å². The van der Waals surface area contributed by atoms with Gasteiger partial charge in [0.15, 0.2) is 11.6 Å². The Hall–Kier alpha value is -1.42. The lowest BCUT2D eigenvalue weighted by Crippen LogP contribution is -2.38. The maximum atomic E-state index is 11.4. The highest BCUT2D eigenvalue weighted by atomic mass is 16.5. The summed E-state index contributed by atoms with van der Waals surface area (Å²) in [6.07, 6.45) is -5.99. The molecule has 0 amide bonds. The highest BCUT2D eigenvalue weighted by molar-refractivity contribution is 5.98. The summed E-state index contributed by atoms with van der Waals surface area (Å²) in [6, 6.07) is 0. The number of Topliss-reactive ketones (excluding diaryl/α,β-unsaturated/α-hetero) is 2. The largest absolute Gasteiger partial charge is 0.388 e. The molecule has 0 aromatic carbocycles. The zero-order chi connectivity index (χ0) is 18.9. The number of hydrogen-bond donors (Lipinski definition) is 4. The van der Waals surface area contributed by atoms with E-state index in [0.717, 1.165) is 0 Å². The molecule has 0 spiro atoms. The second-order valence-corrected chi connectivity index (χ2v) is 5.46. The van der Waals surface area contributed by atoms with Crippen molar-refractivity contribution in [2.75, 3.05) is 26.4 Å². The minimum Gasteiger partial charge on any atom is -0.388 e. The van der Waals surface area contributed by atoms with Gasteiger partial charge in [0, 0.05) is 0 Å². The molecule has 24 heavy (non-hydrogen) atoms. The van der Waals surface area contributed by atoms with Crippen LogP contribution in [0.1, 0.15) is 13.8 Å². The Morgan fingerprint density at radius 2 is 1.08 bits per heavy atom. The third-order valence-electron chi connectivity index (χ3n) is 3.06. The Bertz CT molecular complexity index is 417. The van der Waals surface area contributed by atoms with Gasteiger partial charge >= 0.3 is 0 Å². The van der Waals surface area contributed by atoms with Gasteiger partial charge in [0.05, 0.1) is 26.4 Å². The Kier molecular flexibility index (Phi) is 10.5. The van der Waals surface area contributed by atoms with Crippen LogP contribution >= 0.6 is 0 Å². The summed E-state index contributed by atoms with van der Waals surface area (Å²) in [5, 5.41) is 38.2. The van der Waals surface area contributed by atoms with Crippen LogP contribution in [-0.4, -0.2) is 82.8 Å². The smallest absolute Gasteiger partial charge is 0.189 e. The van der Waals surface area contributed by atoms with Gasteiger partial charge < -0.3 is 29.9 Å². The SMILES string of the molecule is C=C(C)C(=O)C(O)C(O)COCCOCC(O)C(O)C(=O)C(=C)C. The second-order valence-electron chi connectivity index (χ2n) is 5.46. The molecule has 0 aromatic rings. The number of carbonyl (C=O) groups excluding carboxylic acids is 2. The van der Waals surface area contributed by atoms with Gasteiger partial charge in [0.2, 0.25) is 0 Å². The van der Waals surface area contributed by atoms with E-state index in [9.17, 15) is 30.0 Å². The Morgan fingerprint density at radius 1 is 0.792 bits per heavy atom. The molecule has 0 aliphatic carbocycles. The molecule has 0 bridgehead atoms. The lowest BCUT2D eigenvalue weighted by molar-refractivity contribution is -0.134. The Balaban J connectivity index is 3.91. The van der Waals surface area contributed by atoms with E-state index in [2.05, 4.69) is 13.2 Å². The van der Waals surface area contributed by atoms with Crippen LogP contribution < -0.4 is 0 Å². The zero-order valence-corrected chi connectivity index (χ0v) is 14.0.